The van der Waals surface area contributed by atoms with Gasteiger partial charge in [-0.2, -0.15) is 0 Å². The van der Waals surface area contributed by atoms with E-state index in [4.69, 9.17) is 10.2 Å². The molecule has 0 saturated carbocycles. The summed E-state index contributed by atoms with van der Waals surface area (Å²) in [6, 6.07) is 3.92. The minimum atomic E-state index is -1.36. The molecule has 84 valence electrons. The van der Waals surface area contributed by atoms with Crippen LogP contribution in [-0.4, -0.2) is 22.2 Å². The van der Waals surface area contributed by atoms with Gasteiger partial charge in [0.05, 0.1) is 12.0 Å². The number of benzene rings is 1. The quantitative estimate of drug-likeness (QED) is 0.820. The monoisotopic (exact) mass is 224 g/mol. The van der Waals surface area contributed by atoms with Crippen molar-refractivity contribution in [2.24, 2.45) is 0 Å². The Labute approximate surface area is 90.6 Å². The molecule has 0 unspecified atom stereocenters. The summed E-state index contributed by atoms with van der Waals surface area (Å²) < 4.78 is 13.5. The first-order chi connectivity index (χ1) is 7.52. The zero-order chi connectivity index (χ0) is 12.1. The molecule has 0 atom stereocenters. The molecule has 16 heavy (non-hydrogen) atoms. The summed E-state index contributed by atoms with van der Waals surface area (Å²) in [4.78, 5) is 20.8. The highest BCUT2D eigenvalue weighted by molar-refractivity contribution is 5.88. The fraction of sp³-hybridized carbons (Fsp3) is 0.0909. The minimum Gasteiger partial charge on any atom is -0.481 e. The van der Waals surface area contributed by atoms with E-state index in [0.29, 0.717) is 0 Å². The van der Waals surface area contributed by atoms with Crippen LogP contribution >= 0.6 is 0 Å². The first-order valence-corrected chi connectivity index (χ1v) is 4.42. The Kier molecular flexibility index (Phi) is 3.77. The minimum absolute atomic E-state index is 0.0566. The third kappa shape index (κ3) is 2.91. The van der Waals surface area contributed by atoms with Crippen LogP contribution in [0.15, 0.2) is 24.3 Å². The van der Waals surface area contributed by atoms with E-state index in [1.165, 1.54) is 24.3 Å². The smallest absolute Gasteiger partial charge is 0.338 e. The van der Waals surface area contributed by atoms with Crippen molar-refractivity contribution in [3.8, 4) is 0 Å². The molecule has 0 spiro atoms. The zero-order valence-corrected chi connectivity index (χ0v) is 8.18. The molecule has 1 aromatic carbocycles. The highest BCUT2D eigenvalue weighted by Gasteiger charge is 2.11. The standard InChI is InChI=1S/C11H9FO4/c12-10-7(4-2-6-9(13)14)3-1-5-8(10)11(15)16/h1-5H,6H2,(H,13,14)(H,15,16). The lowest BCUT2D eigenvalue weighted by atomic mass is 10.1. The number of halogens is 1. The third-order valence-corrected chi connectivity index (χ3v) is 1.85. The van der Waals surface area contributed by atoms with Gasteiger partial charge in [0.2, 0.25) is 0 Å². The number of carboxylic acid groups (broad SMARTS) is 2. The number of carbonyl (C=O) groups is 2. The maximum Gasteiger partial charge on any atom is 0.338 e. The van der Waals surface area contributed by atoms with Gasteiger partial charge in [-0.1, -0.05) is 24.3 Å². The van der Waals surface area contributed by atoms with Crippen molar-refractivity contribution in [3.05, 3.63) is 41.2 Å². The van der Waals surface area contributed by atoms with E-state index in [-0.39, 0.29) is 12.0 Å². The van der Waals surface area contributed by atoms with Crippen LogP contribution in [0.4, 0.5) is 4.39 Å². The molecule has 0 aliphatic carbocycles. The Balaban J connectivity index is 2.97. The number of rotatable bonds is 4. The second-order valence-electron chi connectivity index (χ2n) is 3.01. The van der Waals surface area contributed by atoms with Gasteiger partial charge in [0.15, 0.2) is 0 Å². The summed E-state index contributed by atoms with van der Waals surface area (Å²) in [5.74, 6) is -3.26. The average molecular weight is 224 g/mol. The predicted molar refractivity (Wildman–Crippen MR) is 54.6 cm³/mol. The summed E-state index contributed by atoms with van der Waals surface area (Å²) in [7, 11) is 0. The van der Waals surface area contributed by atoms with Crippen LogP contribution in [0.25, 0.3) is 6.08 Å². The summed E-state index contributed by atoms with van der Waals surface area (Å²) in [6.45, 7) is 0. The third-order valence-electron chi connectivity index (χ3n) is 1.85. The highest BCUT2D eigenvalue weighted by Crippen LogP contribution is 2.14. The van der Waals surface area contributed by atoms with Gasteiger partial charge in [0.25, 0.3) is 0 Å². The highest BCUT2D eigenvalue weighted by atomic mass is 19.1. The SMILES string of the molecule is O=C(O)CC=Cc1cccc(C(=O)O)c1F. The van der Waals surface area contributed by atoms with Gasteiger partial charge in [-0.25, -0.2) is 9.18 Å². The van der Waals surface area contributed by atoms with Crippen molar-refractivity contribution in [2.45, 2.75) is 6.42 Å². The van der Waals surface area contributed by atoms with Crippen LogP contribution in [0, 0.1) is 5.82 Å². The molecule has 0 fully saturated rings. The van der Waals surface area contributed by atoms with Crippen LogP contribution in [0.2, 0.25) is 0 Å². The molecule has 0 aromatic heterocycles. The van der Waals surface area contributed by atoms with Crippen molar-refractivity contribution in [3.63, 3.8) is 0 Å². The molecule has 4 nitrogen and oxygen atoms in total. The molecule has 0 radical (unpaired) electrons. The average Bonchev–Trinajstić information content (AvgIpc) is 2.19. The number of carboxylic acids is 2. The van der Waals surface area contributed by atoms with Gasteiger partial charge < -0.3 is 10.2 Å². The Morgan fingerprint density at radius 1 is 1.31 bits per heavy atom. The Hall–Kier alpha value is -2.17. The zero-order valence-electron chi connectivity index (χ0n) is 8.18. The lowest BCUT2D eigenvalue weighted by molar-refractivity contribution is -0.135. The van der Waals surface area contributed by atoms with E-state index in [1.54, 1.807) is 0 Å². The van der Waals surface area contributed by atoms with E-state index in [2.05, 4.69) is 0 Å². The molecule has 2 N–H and O–H groups in total. The first-order valence-electron chi connectivity index (χ1n) is 4.42. The summed E-state index contributed by atoms with van der Waals surface area (Å²) in [5.41, 5.74) is -0.376. The fourth-order valence-corrected chi connectivity index (χ4v) is 1.13. The number of hydrogen-bond acceptors (Lipinski definition) is 2. The van der Waals surface area contributed by atoms with Crippen molar-refractivity contribution in [2.75, 3.05) is 0 Å². The van der Waals surface area contributed by atoms with Crippen LogP contribution in [0.3, 0.4) is 0 Å². The summed E-state index contributed by atoms with van der Waals surface area (Å²) in [6.07, 6.45) is 2.26. The normalized spacial score (nSPS) is 10.6. The Morgan fingerprint density at radius 3 is 2.56 bits per heavy atom. The molecule has 0 heterocycles. The van der Waals surface area contributed by atoms with Gasteiger partial charge in [-0.15, -0.1) is 0 Å². The van der Waals surface area contributed by atoms with Crippen molar-refractivity contribution in [1.82, 2.24) is 0 Å². The molecule has 0 saturated heterocycles. The van der Waals surface area contributed by atoms with E-state index in [1.807, 2.05) is 0 Å². The van der Waals surface area contributed by atoms with E-state index >= 15 is 0 Å². The van der Waals surface area contributed by atoms with Crippen LogP contribution in [-0.2, 0) is 4.79 Å². The Morgan fingerprint density at radius 2 is 2.00 bits per heavy atom. The van der Waals surface area contributed by atoms with Crippen LogP contribution < -0.4 is 0 Å². The Bertz CT molecular complexity index is 451. The molecule has 0 aliphatic rings. The summed E-state index contributed by atoms with van der Waals surface area (Å²) in [5, 5.41) is 17.0. The van der Waals surface area contributed by atoms with Crippen LogP contribution in [0.1, 0.15) is 22.3 Å². The number of aromatic carboxylic acids is 1. The van der Waals surface area contributed by atoms with Crippen molar-refractivity contribution in [1.29, 1.82) is 0 Å². The first kappa shape index (κ1) is 11.9. The topological polar surface area (TPSA) is 74.6 Å². The van der Waals surface area contributed by atoms with Gasteiger partial charge in [-0.3, -0.25) is 4.79 Å². The van der Waals surface area contributed by atoms with E-state index < -0.39 is 23.3 Å². The molecule has 1 rings (SSSR count). The molecule has 0 bridgehead atoms. The second-order valence-corrected chi connectivity index (χ2v) is 3.01. The van der Waals surface area contributed by atoms with Gasteiger partial charge >= 0.3 is 11.9 Å². The van der Waals surface area contributed by atoms with Crippen LogP contribution in [0.5, 0.6) is 0 Å². The molecule has 1 aromatic rings. The molecule has 0 amide bonds. The number of aliphatic carboxylic acids is 1. The summed E-state index contributed by atoms with van der Waals surface area (Å²) >= 11 is 0. The van der Waals surface area contributed by atoms with Crippen molar-refractivity contribution >= 4 is 18.0 Å². The molecular formula is C11H9FO4. The number of hydrogen-bond donors (Lipinski definition) is 2. The second kappa shape index (κ2) is 5.06. The van der Waals surface area contributed by atoms with E-state index in [0.717, 1.165) is 6.07 Å². The fourth-order valence-electron chi connectivity index (χ4n) is 1.13. The largest absolute Gasteiger partial charge is 0.481 e. The van der Waals surface area contributed by atoms with Gasteiger partial charge in [-0.05, 0) is 6.07 Å². The lowest BCUT2D eigenvalue weighted by Crippen LogP contribution is -2.01. The lowest BCUT2D eigenvalue weighted by Gasteiger charge is -2.00. The van der Waals surface area contributed by atoms with Gasteiger partial charge in [0, 0.05) is 5.56 Å². The van der Waals surface area contributed by atoms with Gasteiger partial charge in [0.1, 0.15) is 5.82 Å². The molecule has 0 aliphatic heterocycles. The van der Waals surface area contributed by atoms with E-state index in [9.17, 15) is 14.0 Å². The van der Waals surface area contributed by atoms with Crippen molar-refractivity contribution < 1.29 is 24.2 Å². The maximum atomic E-state index is 13.5. The maximum absolute atomic E-state index is 13.5. The molecule has 5 heteroatoms. The predicted octanol–water partition coefficient (Wildman–Crippen LogP) is 2.01. The molecular weight excluding hydrogens is 215 g/mol.